The van der Waals surface area contributed by atoms with Gasteiger partial charge in [0.25, 0.3) is 0 Å². The number of nitrogens with one attached hydrogen (secondary N) is 1. The quantitative estimate of drug-likeness (QED) is 0.627. The molecule has 1 N–H and O–H groups in total. The van der Waals surface area contributed by atoms with E-state index >= 15 is 0 Å². The maximum absolute atomic E-state index is 12.6. The molecule has 1 amide bonds. The molecule has 0 radical (unpaired) electrons. The van der Waals surface area contributed by atoms with Gasteiger partial charge < -0.3 is 24.4 Å². The molecule has 0 saturated carbocycles. The Balaban J connectivity index is 1.30. The molecule has 2 aliphatic heterocycles. The van der Waals surface area contributed by atoms with E-state index in [1.165, 1.54) is 0 Å². The number of hydrogen-bond donors (Lipinski definition) is 1. The van der Waals surface area contributed by atoms with Crippen LogP contribution in [-0.2, 0) is 22.6 Å². The van der Waals surface area contributed by atoms with E-state index in [1.54, 1.807) is 6.33 Å². The number of carbonyl (C=O) groups excluding carboxylic acids is 1. The largest absolute Gasteiger partial charge is 0.378 e. The molecule has 0 unspecified atom stereocenters. The Morgan fingerprint density at radius 1 is 0.968 bits per heavy atom. The first-order chi connectivity index (χ1) is 15.3. The van der Waals surface area contributed by atoms with Crippen LogP contribution >= 0.6 is 0 Å². The second-order valence-corrected chi connectivity index (χ2v) is 7.78. The Labute approximate surface area is 180 Å². The number of rotatable bonds is 6. The molecule has 2 saturated heterocycles. The van der Waals surface area contributed by atoms with Gasteiger partial charge in [0, 0.05) is 26.2 Å². The standard InChI is InChI=1S/C21H26N8O2/c30-19(14-29-15-23-16-5-1-2-6-17(16)29)22-13-18-24-20(27-7-3-4-8-27)26-21(25-18)28-9-11-31-12-10-28/h1-2,5-6,15H,3-4,7-14H2,(H,22,30). The normalized spacial score (nSPS) is 16.8. The number of nitrogens with zero attached hydrogens (tertiary/aromatic N) is 7. The summed E-state index contributed by atoms with van der Waals surface area (Å²) in [6, 6.07) is 7.76. The van der Waals surface area contributed by atoms with Crippen LogP contribution < -0.4 is 15.1 Å². The van der Waals surface area contributed by atoms with Gasteiger partial charge in [0.1, 0.15) is 6.54 Å². The molecule has 2 aromatic heterocycles. The van der Waals surface area contributed by atoms with Crippen LogP contribution in [0.2, 0.25) is 0 Å². The summed E-state index contributed by atoms with van der Waals surface area (Å²) in [5, 5.41) is 2.95. The lowest BCUT2D eigenvalue weighted by Crippen LogP contribution is -2.38. The first-order valence-electron chi connectivity index (χ1n) is 10.8. The number of fused-ring (bicyclic) bond motifs is 1. The highest BCUT2D eigenvalue weighted by atomic mass is 16.5. The summed E-state index contributed by atoms with van der Waals surface area (Å²) in [5.41, 5.74) is 1.81. The van der Waals surface area contributed by atoms with Gasteiger partial charge in [0.15, 0.2) is 5.82 Å². The predicted octanol–water partition coefficient (Wildman–Crippen LogP) is 0.975. The maximum Gasteiger partial charge on any atom is 0.240 e. The van der Waals surface area contributed by atoms with Gasteiger partial charge in [-0.2, -0.15) is 15.0 Å². The molecule has 162 valence electrons. The number of anilines is 2. The minimum Gasteiger partial charge on any atom is -0.378 e. The molecule has 10 nitrogen and oxygen atoms in total. The summed E-state index contributed by atoms with van der Waals surface area (Å²) >= 11 is 0. The van der Waals surface area contributed by atoms with Crippen molar-refractivity contribution in [3.05, 3.63) is 36.4 Å². The average Bonchev–Trinajstić information content (AvgIpc) is 3.49. The molecule has 2 fully saturated rings. The number of amides is 1. The van der Waals surface area contributed by atoms with Crippen LogP contribution in [0.25, 0.3) is 11.0 Å². The zero-order valence-electron chi connectivity index (χ0n) is 17.4. The lowest BCUT2D eigenvalue weighted by atomic mass is 10.3. The van der Waals surface area contributed by atoms with E-state index in [1.807, 2.05) is 28.8 Å². The third-order valence-corrected chi connectivity index (χ3v) is 5.63. The van der Waals surface area contributed by atoms with E-state index < -0.39 is 0 Å². The second-order valence-electron chi connectivity index (χ2n) is 7.78. The molecular weight excluding hydrogens is 396 g/mol. The fraction of sp³-hybridized carbons (Fsp3) is 0.476. The molecule has 3 aromatic rings. The number of carbonyl (C=O) groups is 1. The predicted molar refractivity (Wildman–Crippen MR) is 116 cm³/mol. The second kappa shape index (κ2) is 8.84. The maximum atomic E-state index is 12.6. The number of imidazole rings is 1. The van der Waals surface area contributed by atoms with Gasteiger partial charge in [-0.05, 0) is 25.0 Å². The third-order valence-electron chi connectivity index (χ3n) is 5.63. The zero-order valence-corrected chi connectivity index (χ0v) is 17.4. The van der Waals surface area contributed by atoms with Crippen LogP contribution in [0.5, 0.6) is 0 Å². The monoisotopic (exact) mass is 422 g/mol. The van der Waals surface area contributed by atoms with E-state index in [-0.39, 0.29) is 19.0 Å². The van der Waals surface area contributed by atoms with E-state index in [0.717, 1.165) is 50.1 Å². The summed E-state index contributed by atoms with van der Waals surface area (Å²) in [6.45, 7) is 5.18. The smallest absolute Gasteiger partial charge is 0.240 e. The number of para-hydroxylation sites is 2. The number of morpholine rings is 1. The van der Waals surface area contributed by atoms with Crippen molar-refractivity contribution in [1.29, 1.82) is 0 Å². The molecule has 10 heteroatoms. The highest BCUT2D eigenvalue weighted by molar-refractivity contribution is 5.80. The fourth-order valence-corrected chi connectivity index (χ4v) is 3.96. The topological polar surface area (TPSA) is 101 Å². The first-order valence-corrected chi connectivity index (χ1v) is 10.8. The zero-order chi connectivity index (χ0) is 21.0. The first kappa shape index (κ1) is 19.7. The van der Waals surface area contributed by atoms with Crippen molar-refractivity contribution in [3.8, 4) is 0 Å². The summed E-state index contributed by atoms with van der Waals surface area (Å²) < 4.78 is 7.29. The molecule has 0 bridgehead atoms. The van der Waals surface area contributed by atoms with Crippen LogP contribution in [0.15, 0.2) is 30.6 Å². The SMILES string of the molecule is O=C(Cn1cnc2ccccc21)NCc1nc(N2CCCC2)nc(N2CCOCC2)n1. The van der Waals surface area contributed by atoms with Crippen molar-refractivity contribution < 1.29 is 9.53 Å². The Hall–Kier alpha value is -3.27. The van der Waals surface area contributed by atoms with Crippen molar-refractivity contribution in [1.82, 2.24) is 29.8 Å². The lowest BCUT2D eigenvalue weighted by molar-refractivity contribution is -0.121. The van der Waals surface area contributed by atoms with E-state index in [9.17, 15) is 4.79 Å². The Morgan fingerprint density at radius 2 is 1.68 bits per heavy atom. The summed E-state index contributed by atoms with van der Waals surface area (Å²) in [4.78, 5) is 35.2. The molecule has 0 spiro atoms. The Kier molecular flexibility index (Phi) is 5.61. The number of hydrogen-bond acceptors (Lipinski definition) is 8. The molecule has 4 heterocycles. The fourth-order valence-electron chi connectivity index (χ4n) is 3.96. The van der Waals surface area contributed by atoms with Gasteiger partial charge in [0.2, 0.25) is 17.8 Å². The van der Waals surface area contributed by atoms with Gasteiger partial charge in [-0.25, -0.2) is 4.98 Å². The third kappa shape index (κ3) is 4.43. The van der Waals surface area contributed by atoms with Gasteiger partial charge in [-0.15, -0.1) is 0 Å². The van der Waals surface area contributed by atoms with Crippen LogP contribution in [0.4, 0.5) is 11.9 Å². The van der Waals surface area contributed by atoms with Crippen molar-refractivity contribution in [2.24, 2.45) is 0 Å². The number of ether oxygens (including phenoxy) is 1. The molecule has 0 aliphatic carbocycles. The van der Waals surface area contributed by atoms with Crippen molar-refractivity contribution >= 4 is 28.8 Å². The van der Waals surface area contributed by atoms with Crippen LogP contribution in [0.3, 0.4) is 0 Å². The van der Waals surface area contributed by atoms with Crippen molar-refractivity contribution in [3.63, 3.8) is 0 Å². The molecule has 1 aromatic carbocycles. The summed E-state index contributed by atoms with van der Waals surface area (Å²) in [5.74, 6) is 1.81. The van der Waals surface area contributed by atoms with E-state index in [4.69, 9.17) is 9.72 Å². The molecule has 31 heavy (non-hydrogen) atoms. The molecule has 2 aliphatic rings. The van der Waals surface area contributed by atoms with Crippen molar-refractivity contribution in [2.75, 3.05) is 49.2 Å². The highest BCUT2D eigenvalue weighted by Gasteiger charge is 2.21. The highest BCUT2D eigenvalue weighted by Crippen LogP contribution is 2.19. The summed E-state index contributed by atoms with van der Waals surface area (Å²) in [6.07, 6.45) is 3.97. The van der Waals surface area contributed by atoms with Crippen LogP contribution in [-0.4, -0.2) is 69.8 Å². The van der Waals surface area contributed by atoms with E-state index in [0.29, 0.717) is 30.9 Å². The number of aromatic nitrogens is 5. The molecular formula is C21H26N8O2. The number of benzene rings is 1. The Bertz CT molecular complexity index is 1060. The summed E-state index contributed by atoms with van der Waals surface area (Å²) in [7, 11) is 0. The van der Waals surface area contributed by atoms with Crippen LogP contribution in [0.1, 0.15) is 18.7 Å². The van der Waals surface area contributed by atoms with Crippen molar-refractivity contribution in [2.45, 2.75) is 25.9 Å². The minimum absolute atomic E-state index is 0.112. The van der Waals surface area contributed by atoms with Gasteiger partial charge >= 0.3 is 0 Å². The molecule has 5 rings (SSSR count). The van der Waals surface area contributed by atoms with Crippen LogP contribution in [0, 0.1) is 0 Å². The minimum atomic E-state index is -0.112. The molecule has 0 atom stereocenters. The lowest BCUT2D eigenvalue weighted by Gasteiger charge is -2.28. The van der Waals surface area contributed by atoms with Gasteiger partial charge in [0.05, 0.1) is 37.1 Å². The van der Waals surface area contributed by atoms with Gasteiger partial charge in [-0.3, -0.25) is 4.79 Å². The Morgan fingerprint density at radius 3 is 2.45 bits per heavy atom. The average molecular weight is 422 g/mol. The van der Waals surface area contributed by atoms with E-state index in [2.05, 4.69) is 30.1 Å². The van der Waals surface area contributed by atoms with Gasteiger partial charge in [-0.1, -0.05) is 12.1 Å².